The molecule has 0 saturated carbocycles. The van der Waals surface area contributed by atoms with E-state index in [1.165, 1.54) is 0 Å². The van der Waals surface area contributed by atoms with Gasteiger partial charge in [-0.1, -0.05) is 48.5 Å². The number of amides is 2. The molecule has 0 fully saturated rings. The molecule has 7 nitrogen and oxygen atoms in total. The van der Waals surface area contributed by atoms with Crippen LogP contribution < -0.4 is 10.6 Å². The number of rotatable bonds is 12. The maximum Gasteiger partial charge on any atom is 0.253 e. The van der Waals surface area contributed by atoms with Gasteiger partial charge in [-0.15, -0.1) is 23.2 Å². The van der Waals surface area contributed by atoms with Crippen molar-refractivity contribution in [2.45, 2.75) is 24.6 Å². The Morgan fingerprint density at radius 1 is 0.652 bits per heavy atom. The molecule has 9 heteroatoms. The first kappa shape index (κ1) is 31.7. The van der Waals surface area contributed by atoms with Gasteiger partial charge in [0.15, 0.2) is 0 Å². The number of fused-ring (bicyclic) bond motifs is 4. The number of hydrogen-bond acceptors (Lipinski definition) is 5. The van der Waals surface area contributed by atoms with Gasteiger partial charge in [0.05, 0.1) is 33.2 Å². The number of hydrogen-bond donors (Lipinski definition) is 2. The van der Waals surface area contributed by atoms with Crippen molar-refractivity contribution in [2.75, 3.05) is 33.2 Å². The van der Waals surface area contributed by atoms with Crippen LogP contribution in [0.2, 0.25) is 0 Å². The normalized spacial score (nSPS) is 11.6. The molecule has 2 heterocycles. The second-order valence-corrected chi connectivity index (χ2v) is 12.0. The van der Waals surface area contributed by atoms with Gasteiger partial charge in [-0.25, -0.2) is 9.97 Å². The van der Waals surface area contributed by atoms with E-state index in [0.29, 0.717) is 47.0 Å². The first-order chi connectivity index (χ1) is 22.5. The summed E-state index contributed by atoms with van der Waals surface area (Å²) in [5.41, 5.74) is 6.02. The molecule has 0 radical (unpaired) electrons. The highest BCUT2D eigenvalue weighted by molar-refractivity contribution is 6.19. The van der Waals surface area contributed by atoms with Crippen LogP contribution in [0.1, 0.15) is 44.7 Å². The van der Waals surface area contributed by atoms with Gasteiger partial charge in [0.2, 0.25) is 0 Å². The number of para-hydroxylation sites is 2. The van der Waals surface area contributed by atoms with Crippen molar-refractivity contribution < 1.29 is 9.59 Å². The average molecular weight is 653 g/mol. The van der Waals surface area contributed by atoms with Gasteiger partial charge in [0, 0.05) is 46.4 Å². The fourth-order valence-corrected chi connectivity index (χ4v) is 6.31. The summed E-state index contributed by atoms with van der Waals surface area (Å²) >= 11 is 12.4. The second-order valence-electron chi connectivity index (χ2n) is 11.5. The van der Waals surface area contributed by atoms with Crippen LogP contribution in [0.15, 0.2) is 84.9 Å². The standard InChI is InChI=1S/C37H35Cl2N5O2/c1-44(18-6-16-40-36(45)28-14-12-26(22-38)30-20-24-8-2-4-10-32(24)42-34(28)30)19-7-17-41-37(46)29-15-13-27(23-39)31-21-25-9-3-5-11-33(25)43-35(29)31/h2-5,8-15,20-21H,6-7,16-19,22-23H2,1H3,(H,40,45)(H,41,46). The number of benzene rings is 4. The summed E-state index contributed by atoms with van der Waals surface area (Å²) in [6.45, 7) is 2.70. The van der Waals surface area contributed by atoms with E-state index in [0.717, 1.165) is 69.6 Å². The van der Waals surface area contributed by atoms with Gasteiger partial charge in [0.25, 0.3) is 11.8 Å². The van der Waals surface area contributed by atoms with Crippen molar-refractivity contribution in [2.24, 2.45) is 0 Å². The summed E-state index contributed by atoms with van der Waals surface area (Å²) in [6, 6.07) is 27.3. The molecular formula is C37H35Cl2N5O2. The Kier molecular flexibility index (Phi) is 9.93. The Morgan fingerprint density at radius 2 is 1.09 bits per heavy atom. The molecule has 6 aromatic rings. The third-order valence-electron chi connectivity index (χ3n) is 8.33. The molecule has 0 saturated heterocycles. The molecule has 46 heavy (non-hydrogen) atoms. The molecule has 0 aliphatic rings. The van der Waals surface area contributed by atoms with Gasteiger partial charge in [0.1, 0.15) is 0 Å². The van der Waals surface area contributed by atoms with Gasteiger partial charge in [-0.2, -0.15) is 0 Å². The minimum atomic E-state index is -0.145. The second kappa shape index (κ2) is 14.4. The molecule has 6 rings (SSSR count). The van der Waals surface area contributed by atoms with Crippen LogP contribution in [0.25, 0.3) is 43.6 Å². The number of pyridine rings is 2. The van der Waals surface area contributed by atoms with Crippen LogP contribution in [-0.2, 0) is 11.8 Å². The molecule has 0 aliphatic carbocycles. The van der Waals surface area contributed by atoms with E-state index in [1.54, 1.807) is 0 Å². The van der Waals surface area contributed by atoms with E-state index in [9.17, 15) is 9.59 Å². The first-order valence-electron chi connectivity index (χ1n) is 15.5. The van der Waals surface area contributed by atoms with E-state index in [2.05, 4.69) is 27.7 Å². The summed E-state index contributed by atoms with van der Waals surface area (Å²) in [6.07, 6.45) is 1.59. The first-order valence-corrected chi connectivity index (χ1v) is 16.5. The zero-order valence-corrected chi connectivity index (χ0v) is 27.2. The summed E-state index contributed by atoms with van der Waals surface area (Å²) < 4.78 is 0. The molecule has 2 N–H and O–H groups in total. The number of alkyl halides is 2. The minimum Gasteiger partial charge on any atom is -0.352 e. The molecule has 0 bridgehead atoms. The van der Waals surface area contributed by atoms with Crippen molar-refractivity contribution in [3.05, 3.63) is 107 Å². The van der Waals surface area contributed by atoms with Crippen LogP contribution in [0.4, 0.5) is 0 Å². The van der Waals surface area contributed by atoms with Crippen molar-refractivity contribution in [3.8, 4) is 0 Å². The lowest BCUT2D eigenvalue weighted by Gasteiger charge is -2.17. The number of aromatic nitrogens is 2. The minimum absolute atomic E-state index is 0.145. The molecule has 0 unspecified atom stereocenters. The zero-order chi connectivity index (χ0) is 32.0. The summed E-state index contributed by atoms with van der Waals surface area (Å²) in [4.78, 5) is 38.1. The fourth-order valence-electron chi connectivity index (χ4n) is 5.84. The lowest BCUT2D eigenvalue weighted by atomic mass is 10.0. The van der Waals surface area contributed by atoms with Crippen LogP contribution in [-0.4, -0.2) is 59.9 Å². The lowest BCUT2D eigenvalue weighted by molar-refractivity contribution is 0.0947. The Morgan fingerprint density at radius 3 is 1.52 bits per heavy atom. The third kappa shape index (κ3) is 6.77. The molecular weight excluding hydrogens is 617 g/mol. The fraction of sp³-hybridized carbons (Fsp3) is 0.243. The number of nitrogens with zero attached hydrogens (tertiary/aromatic N) is 3. The maximum atomic E-state index is 13.2. The highest BCUT2D eigenvalue weighted by Gasteiger charge is 2.16. The van der Waals surface area contributed by atoms with Gasteiger partial charge < -0.3 is 15.5 Å². The van der Waals surface area contributed by atoms with E-state index in [-0.39, 0.29) is 11.8 Å². The summed E-state index contributed by atoms with van der Waals surface area (Å²) in [5, 5.41) is 9.95. The Labute approximate surface area is 277 Å². The lowest BCUT2D eigenvalue weighted by Crippen LogP contribution is -2.31. The van der Waals surface area contributed by atoms with Gasteiger partial charge in [-0.05, 0) is 80.5 Å². The quantitative estimate of drug-likeness (QED) is 0.0816. The zero-order valence-electron chi connectivity index (χ0n) is 25.7. The number of carbonyl (C=O) groups is 2. The number of halogens is 2. The largest absolute Gasteiger partial charge is 0.352 e. The molecule has 234 valence electrons. The van der Waals surface area contributed by atoms with Crippen LogP contribution in [0.3, 0.4) is 0 Å². The monoisotopic (exact) mass is 651 g/mol. The number of carbonyl (C=O) groups excluding carboxylic acids is 2. The topological polar surface area (TPSA) is 87.2 Å². The van der Waals surface area contributed by atoms with Crippen molar-refractivity contribution >= 4 is 78.6 Å². The molecule has 0 atom stereocenters. The average Bonchev–Trinajstić information content (AvgIpc) is 3.09. The van der Waals surface area contributed by atoms with Crippen LogP contribution in [0, 0.1) is 0 Å². The van der Waals surface area contributed by atoms with Crippen molar-refractivity contribution in [3.63, 3.8) is 0 Å². The number of nitrogens with one attached hydrogen (secondary N) is 2. The molecule has 2 amide bonds. The van der Waals surface area contributed by atoms with Gasteiger partial charge >= 0.3 is 0 Å². The molecule has 4 aromatic carbocycles. The Balaban J connectivity index is 0.989. The van der Waals surface area contributed by atoms with Crippen molar-refractivity contribution in [1.29, 1.82) is 0 Å². The molecule has 2 aromatic heterocycles. The highest BCUT2D eigenvalue weighted by atomic mass is 35.5. The highest BCUT2D eigenvalue weighted by Crippen LogP contribution is 2.28. The van der Waals surface area contributed by atoms with E-state index in [1.807, 2.05) is 79.8 Å². The van der Waals surface area contributed by atoms with E-state index in [4.69, 9.17) is 33.2 Å². The van der Waals surface area contributed by atoms with E-state index >= 15 is 0 Å². The summed E-state index contributed by atoms with van der Waals surface area (Å²) in [7, 11) is 2.05. The molecule has 0 aliphatic heterocycles. The maximum absolute atomic E-state index is 13.2. The summed E-state index contributed by atoms with van der Waals surface area (Å²) in [5.74, 6) is 0.408. The SMILES string of the molecule is CN(CCCNC(=O)c1ccc(CCl)c2cc3ccccc3nc12)CCCNC(=O)c1ccc(CCl)c2cc3ccccc3nc12. The van der Waals surface area contributed by atoms with E-state index < -0.39 is 0 Å². The predicted octanol–water partition coefficient (Wildman–Crippen LogP) is 7.44. The molecule has 0 spiro atoms. The smallest absolute Gasteiger partial charge is 0.253 e. The van der Waals surface area contributed by atoms with Gasteiger partial charge in [-0.3, -0.25) is 9.59 Å². The predicted molar refractivity (Wildman–Crippen MR) is 189 cm³/mol. The third-order valence-corrected chi connectivity index (χ3v) is 8.91. The Bertz CT molecular complexity index is 1920. The van der Waals surface area contributed by atoms with Crippen molar-refractivity contribution in [1.82, 2.24) is 25.5 Å². The van der Waals surface area contributed by atoms with Crippen LogP contribution in [0.5, 0.6) is 0 Å². The van der Waals surface area contributed by atoms with Crippen LogP contribution >= 0.6 is 23.2 Å². The Hall–Kier alpha value is -4.30.